The van der Waals surface area contributed by atoms with Crippen LogP contribution in [-0.4, -0.2) is 28.6 Å². The number of nitrogens with one attached hydrogen (secondary N) is 2. The van der Waals surface area contributed by atoms with Gasteiger partial charge in [-0.3, -0.25) is 0 Å². The van der Waals surface area contributed by atoms with E-state index in [1.54, 1.807) is 24.7 Å². The number of hydrogen-bond donors (Lipinski definition) is 2. The van der Waals surface area contributed by atoms with Crippen LogP contribution in [0.5, 0.6) is 0 Å². The summed E-state index contributed by atoms with van der Waals surface area (Å²) in [6.45, 7) is 4.90. The van der Waals surface area contributed by atoms with Crippen molar-refractivity contribution in [3.63, 3.8) is 0 Å². The highest BCUT2D eigenvalue weighted by Gasteiger charge is 1.98. The number of aliphatic imine (C=N–C) groups is 1. The van der Waals surface area contributed by atoms with Crippen molar-refractivity contribution < 1.29 is 4.39 Å². The van der Waals surface area contributed by atoms with Crippen LogP contribution in [0.4, 0.5) is 4.39 Å². The van der Waals surface area contributed by atoms with Gasteiger partial charge < -0.3 is 15.2 Å². The van der Waals surface area contributed by atoms with Gasteiger partial charge in [0.05, 0.1) is 12.9 Å². The molecule has 0 atom stereocenters. The molecule has 0 unspecified atom stereocenters. The number of halogens is 1. The van der Waals surface area contributed by atoms with E-state index >= 15 is 0 Å². The van der Waals surface area contributed by atoms with Crippen molar-refractivity contribution in [2.45, 2.75) is 20.0 Å². The molecule has 1 heterocycles. The molecule has 2 N–H and O–H groups in total. The van der Waals surface area contributed by atoms with Gasteiger partial charge in [-0.25, -0.2) is 14.4 Å². The number of nitrogens with zero attached hydrogens (tertiary/aromatic N) is 3. The quantitative estimate of drug-likeness (QED) is 0.629. The fourth-order valence-corrected chi connectivity index (χ4v) is 1.82. The minimum absolute atomic E-state index is 0.229. The Morgan fingerprint density at radius 1 is 1.29 bits per heavy atom. The first-order valence-electron chi connectivity index (χ1n) is 7.00. The molecule has 1 aromatic heterocycles. The van der Waals surface area contributed by atoms with Gasteiger partial charge in [0, 0.05) is 32.0 Å². The lowest BCUT2D eigenvalue weighted by molar-refractivity contribution is 0.627. The second-order valence-electron chi connectivity index (χ2n) is 4.55. The summed E-state index contributed by atoms with van der Waals surface area (Å²) in [5.41, 5.74) is 0.975. The first-order valence-corrected chi connectivity index (χ1v) is 7.00. The smallest absolute Gasteiger partial charge is 0.191 e. The molecular formula is C15H20FN5. The van der Waals surface area contributed by atoms with Gasteiger partial charge in [0.2, 0.25) is 0 Å². The molecule has 0 aliphatic carbocycles. The van der Waals surface area contributed by atoms with Gasteiger partial charge in [-0.1, -0.05) is 12.1 Å². The van der Waals surface area contributed by atoms with Crippen molar-refractivity contribution in [1.82, 2.24) is 20.2 Å². The zero-order valence-electron chi connectivity index (χ0n) is 12.1. The summed E-state index contributed by atoms with van der Waals surface area (Å²) in [4.78, 5) is 8.48. The molecule has 0 saturated carbocycles. The molecule has 0 radical (unpaired) electrons. The maximum atomic E-state index is 12.8. The van der Waals surface area contributed by atoms with Crippen molar-refractivity contribution in [2.24, 2.45) is 4.99 Å². The maximum Gasteiger partial charge on any atom is 0.191 e. The van der Waals surface area contributed by atoms with E-state index in [9.17, 15) is 4.39 Å². The lowest BCUT2D eigenvalue weighted by atomic mass is 10.2. The molecule has 1 aromatic carbocycles. The zero-order valence-corrected chi connectivity index (χ0v) is 12.1. The first kappa shape index (κ1) is 15.0. The summed E-state index contributed by atoms with van der Waals surface area (Å²) < 4.78 is 14.8. The van der Waals surface area contributed by atoms with E-state index in [0.717, 1.165) is 31.2 Å². The molecule has 0 saturated heterocycles. The summed E-state index contributed by atoms with van der Waals surface area (Å²) in [5, 5.41) is 6.44. The fourth-order valence-electron chi connectivity index (χ4n) is 1.82. The van der Waals surface area contributed by atoms with Crippen molar-refractivity contribution in [3.05, 3.63) is 54.4 Å². The van der Waals surface area contributed by atoms with Gasteiger partial charge in [0.1, 0.15) is 5.82 Å². The van der Waals surface area contributed by atoms with Crippen LogP contribution in [-0.2, 0) is 13.1 Å². The second kappa shape index (κ2) is 8.04. The SMILES string of the molecule is CCNC(=NCc1ccc(F)cc1)NCCn1ccnc1. The Kier molecular flexibility index (Phi) is 5.75. The predicted octanol–water partition coefficient (Wildman–Crippen LogP) is 1.78. The first-order chi connectivity index (χ1) is 10.3. The molecule has 2 aromatic rings. The molecule has 0 spiro atoms. The van der Waals surface area contributed by atoms with Crippen LogP contribution in [0.1, 0.15) is 12.5 Å². The van der Waals surface area contributed by atoms with E-state index in [1.165, 1.54) is 12.1 Å². The summed E-state index contributed by atoms with van der Waals surface area (Å²) in [6.07, 6.45) is 5.46. The topological polar surface area (TPSA) is 54.2 Å². The van der Waals surface area contributed by atoms with Crippen LogP contribution < -0.4 is 10.6 Å². The number of hydrogen-bond acceptors (Lipinski definition) is 2. The van der Waals surface area contributed by atoms with E-state index in [-0.39, 0.29) is 5.82 Å². The van der Waals surface area contributed by atoms with Gasteiger partial charge in [0.25, 0.3) is 0 Å². The average molecular weight is 289 g/mol. The molecule has 0 amide bonds. The van der Waals surface area contributed by atoms with E-state index < -0.39 is 0 Å². The lowest BCUT2D eigenvalue weighted by Gasteiger charge is -2.11. The summed E-state index contributed by atoms with van der Waals surface area (Å²) >= 11 is 0. The number of guanidine groups is 1. The third-order valence-electron chi connectivity index (χ3n) is 2.90. The number of imidazole rings is 1. The standard InChI is InChI=1S/C15H20FN5/c1-2-18-15(19-8-10-21-9-7-17-12-21)20-11-13-3-5-14(16)6-4-13/h3-7,9,12H,2,8,10-11H2,1H3,(H2,18,19,20). The van der Waals surface area contributed by atoms with Gasteiger partial charge in [-0.05, 0) is 24.6 Å². The molecule has 112 valence electrons. The van der Waals surface area contributed by atoms with Crippen molar-refractivity contribution in [1.29, 1.82) is 0 Å². The highest BCUT2D eigenvalue weighted by molar-refractivity contribution is 5.79. The Labute approximate surface area is 123 Å². The number of rotatable bonds is 6. The fraction of sp³-hybridized carbons (Fsp3) is 0.333. The van der Waals surface area contributed by atoms with Gasteiger partial charge >= 0.3 is 0 Å². The minimum atomic E-state index is -0.229. The summed E-state index contributed by atoms with van der Waals surface area (Å²) in [7, 11) is 0. The minimum Gasteiger partial charge on any atom is -0.357 e. The van der Waals surface area contributed by atoms with E-state index in [2.05, 4.69) is 20.6 Å². The summed E-state index contributed by atoms with van der Waals surface area (Å²) in [5.74, 6) is 0.523. The Morgan fingerprint density at radius 2 is 2.10 bits per heavy atom. The maximum absolute atomic E-state index is 12.8. The normalized spacial score (nSPS) is 11.4. The van der Waals surface area contributed by atoms with Crippen molar-refractivity contribution in [3.8, 4) is 0 Å². The molecule has 0 aliphatic heterocycles. The van der Waals surface area contributed by atoms with Gasteiger partial charge in [-0.2, -0.15) is 0 Å². The van der Waals surface area contributed by atoms with Crippen LogP contribution >= 0.6 is 0 Å². The van der Waals surface area contributed by atoms with E-state index in [4.69, 9.17) is 0 Å². The third-order valence-corrected chi connectivity index (χ3v) is 2.90. The Balaban J connectivity index is 1.84. The highest BCUT2D eigenvalue weighted by atomic mass is 19.1. The van der Waals surface area contributed by atoms with Crippen LogP contribution in [0.25, 0.3) is 0 Å². The van der Waals surface area contributed by atoms with E-state index in [0.29, 0.717) is 6.54 Å². The predicted molar refractivity (Wildman–Crippen MR) is 81.4 cm³/mol. The molecule has 6 heteroatoms. The van der Waals surface area contributed by atoms with Gasteiger partial charge in [0.15, 0.2) is 5.96 Å². The molecular weight excluding hydrogens is 269 g/mol. The van der Waals surface area contributed by atoms with E-state index in [1.807, 2.05) is 17.7 Å². The molecule has 21 heavy (non-hydrogen) atoms. The number of benzene rings is 1. The second-order valence-corrected chi connectivity index (χ2v) is 4.55. The Morgan fingerprint density at radius 3 is 2.76 bits per heavy atom. The average Bonchev–Trinajstić information content (AvgIpc) is 3.00. The highest BCUT2D eigenvalue weighted by Crippen LogP contribution is 2.03. The molecule has 0 aliphatic rings. The monoisotopic (exact) mass is 289 g/mol. The van der Waals surface area contributed by atoms with Crippen LogP contribution in [0.2, 0.25) is 0 Å². The molecule has 2 rings (SSSR count). The molecule has 0 fully saturated rings. The summed E-state index contributed by atoms with van der Waals surface area (Å²) in [6, 6.07) is 6.39. The molecule has 0 bridgehead atoms. The Hall–Kier alpha value is -2.37. The van der Waals surface area contributed by atoms with Crippen molar-refractivity contribution >= 4 is 5.96 Å². The van der Waals surface area contributed by atoms with Gasteiger partial charge in [-0.15, -0.1) is 0 Å². The number of aromatic nitrogens is 2. The zero-order chi connectivity index (χ0) is 14.9. The van der Waals surface area contributed by atoms with Crippen LogP contribution in [0.3, 0.4) is 0 Å². The lowest BCUT2D eigenvalue weighted by Crippen LogP contribution is -2.38. The van der Waals surface area contributed by atoms with Crippen LogP contribution in [0, 0.1) is 5.82 Å². The molecule has 5 nitrogen and oxygen atoms in total. The Bertz CT molecular complexity index is 548. The third kappa shape index (κ3) is 5.25. The van der Waals surface area contributed by atoms with Crippen LogP contribution in [0.15, 0.2) is 48.0 Å². The largest absolute Gasteiger partial charge is 0.357 e. The van der Waals surface area contributed by atoms with Crippen molar-refractivity contribution in [2.75, 3.05) is 13.1 Å².